The van der Waals surface area contributed by atoms with Crippen LogP contribution in [0, 0.1) is 0 Å². The summed E-state index contributed by atoms with van der Waals surface area (Å²) < 4.78 is 36.8. The molecule has 0 fully saturated rings. The monoisotopic (exact) mass is 222 g/mol. The van der Waals surface area contributed by atoms with E-state index in [1.165, 1.54) is 6.20 Å². The second-order valence-electron chi connectivity index (χ2n) is 3.09. The van der Waals surface area contributed by atoms with Crippen LogP contribution in [0.1, 0.15) is 5.69 Å². The van der Waals surface area contributed by atoms with Gasteiger partial charge in [0.2, 0.25) is 0 Å². The van der Waals surface area contributed by atoms with Gasteiger partial charge in [-0.15, -0.1) is 0 Å². The first-order valence-corrected chi connectivity index (χ1v) is 4.51. The maximum Gasteiger partial charge on any atom is 0.408 e. The Balaban J connectivity index is 2.42. The Kier molecular flexibility index (Phi) is 4.10. The van der Waals surface area contributed by atoms with Crippen LogP contribution in [-0.4, -0.2) is 29.0 Å². The second-order valence-corrected chi connectivity index (χ2v) is 3.09. The molecule has 0 amide bonds. The van der Waals surface area contributed by atoms with Crippen molar-refractivity contribution in [3.05, 3.63) is 18.0 Å². The van der Waals surface area contributed by atoms with E-state index in [9.17, 15) is 13.2 Å². The van der Waals surface area contributed by atoms with Crippen LogP contribution in [0.2, 0.25) is 0 Å². The normalized spacial score (nSPS) is 12.0. The van der Waals surface area contributed by atoms with Crippen LogP contribution in [0.3, 0.4) is 0 Å². The Labute approximate surface area is 85.2 Å². The molecule has 4 nitrogen and oxygen atoms in total. The van der Waals surface area contributed by atoms with Gasteiger partial charge in [0.05, 0.1) is 5.69 Å². The molecule has 0 unspecified atom stereocenters. The van der Waals surface area contributed by atoms with Gasteiger partial charge in [-0.3, -0.25) is 4.68 Å². The highest BCUT2D eigenvalue weighted by Gasteiger charge is 2.28. The minimum atomic E-state index is -4.23. The molecule has 0 saturated heterocycles. The maximum atomic E-state index is 12.0. The zero-order valence-electron chi connectivity index (χ0n) is 8.09. The molecule has 7 heteroatoms. The van der Waals surface area contributed by atoms with E-state index in [0.717, 1.165) is 4.68 Å². The molecule has 0 saturated carbocycles. The van der Waals surface area contributed by atoms with Crippen molar-refractivity contribution in [1.82, 2.24) is 15.1 Å². The van der Waals surface area contributed by atoms with E-state index in [2.05, 4.69) is 10.4 Å². The van der Waals surface area contributed by atoms with E-state index in [-0.39, 0.29) is 0 Å². The Morgan fingerprint density at radius 2 is 2.20 bits per heavy atom. The molecule has 0 aromatic carbocycles. The average Bonchev–Trinajstić information content (AvgIpc) is 2.50. The molecule has 1 rings (SSSR count). The third kappa shape index (κ3) is 4.80. The lowest BCUT2D eigenvalue weighted by Gasteiger charge is -2.05. The van der Waals surface area contributed by atoms with Crippen LogP contribution >= 0.6 is 0 Å². The van der Waals surface area contributed by atoms with Gasteiger partial charge in [-0.1, -0.05) is 0 Å². The summed E-state index contributed by atoms with van der Waals surface area (Å²) in [4.78, 5) is 0. The third-order valence-corrected chi connectivity index (χ3v) is 1.66. The van der Waals surface area contributed by atoms with Crippen LogP contribution < -0.4 is 11.1 Å². The van der Waals surface area contributed by atoms with Gasteiger partial charge in [-0.2, -0.15) is 18.3 Å². The van der Waals surface area contributed by atoms with Crippen molar-refractivity contribution in [2.24, 2.45) is 5.73 Å². The minimum absolute atomic E-state index is 0.433. The molecule has 0 spiro atoms. The van der Waals surface area contributed by atoms with Crippen molar-refractivity contribution in [2.45, 2.75) is 19.3 Å². The first-order chi connectivity index (χ1) is 7.01. The van der Waals surface area contributed by atoms with Gasteiger partial charge in [0.25, 0.3) is 0 Å². The summed E-state index contributed by atoms with van der Waals surface area (Å²) >= 11 is 0. The first kappa shape index (κ1) is 12.0. The summed E-state index contributed by atoms with van der Waals surface area (Å²) in [5, 5.41) is 6.71. The van der Waals surface area contributed by atoms with Crippen molar-refractivity contribution in [3.63, 3.8) is 0 Å². The predicted molar refractivity (Wildman–Crippen MR) is 49.0 cm³/mol. The zero-order chi connectivity index (χ0) is 11.3. The Hall–Kier alpha value is -1.08. The molecule has 0 aliphatic heterocycles. The Bertz CT molecular complexity index is 294. The number of alkyl halides is 3. The molecule has 0 aliphatic rings. The summed E-state index contributed by atoms with van der Waals surface area (Å²) in [5.41, 5.74) is 5.82. The van der Waals surface area contributed by atoms with Crippen LogP contribution in [-0.2, 0) is 13.1 Å². The number of rotatable bonds is 5. The molecule has 0 radical (unpaired) electrons. The molecule has 1 aromatic heterocycles. The van der Waals surface area contributed by atoms with E-state index in [0.29, 0.717) is 25.3 Å². The smallest absolute Gasteiger partial charge is 0.329 e. The van der Waals surface area contributed by atoms with Gasteiger partial charge in [-0.05, 0) is 6.07 Å². The van der Waals surface area contributed by atoms with Crippen molar-refractivity contribution >= 4 is 0 Å². The first-order valence-electron chi connectivity index (χ1n) is 4.51. The molecule has 0 bridgehead atoms. The van der Waals surface area contributed by atoms with E-state index in [1.54, 1.807) is 6.07 Å². The van der Waals surface area contributed by atoms with E-state index in [4.69, 9.17) is 5.73 Å². The molecule has 0 aliphatic carbocycles. The predicted octanol–water partition coefficient (Wildman–Crippen LogP) is 0.494. The second kappa shape index (κ2) is 5.13. The van der Waals surface area contributed by atoms with Gasteiger partial charge in [-0.25, -0.2) is 0 Å². The largest absolute Gasteiger partial charge is 0.408 e. The topological polar surface area (TPSA) is 55.9 Å². The summed E-state index contributed by atoms with van der Waals surface area (Å²) in [6.07, 6.45) is -2.92. The standard InChI is InChI=1S/C8H13F3N4/c9-8(10,11)6-15-4-1-7(14-15)5-13-3-2-12/h1,4,13H,2-3,5-6,12H2. The third-order valence-electron chi connectivity index (χ3n) is 1.66. The lowest BCUT2D eigenvalue weighted by molar-refractivity contribution is -0.142. The number of nitrogens with one attached hydrogen (secondary N) is 1. The summed E-state index contributed by atoms with van der Waals surface area (Å²) in [6.45, 7) is 0.487. The molecule has 1 heterocycles. The van der Waals surface area contributed by atoms with Crippen molar-refractivity contribution in [3.8, 4) is 0 Å². The van der Waals surface area contributed by atoms with E-state index < -0.39 is 12.7 Å². The molecule has 1 aromatic rings. The van der Waals surface area contributed by atoms with E-state index >= 15 is 0 Å². The Morgan fingerprint density at radius 1 is 1.47 bits per heavy atom. The number of nitrogens with zero attached hydrogens (tertiary/aromatic N) is 2. The number of aromatic nitrogens is 2. The van der Waals surface area contributed by atoms with Gasteiger partial charge in [0, 0.05) is 25.8 Å². The zero-order valence-corrected chi connectivity index (χ0v) is 8.09. The fraction of sp³-hybridized carbons (Fsp3) is 0.625. The molecular formula is C8H13F3N4. The van der Waals surface area contributed by atoms with Crippen LogP contribution in [0.25, 0.3) is 0 Å². The highest BCUT2D eigenvalue weighted by atomic mass is 19.4. The summed E-state index contributed by atoms with van der Waals surface area (Å²) in [6, 6.07) is 1.55. The maximum absolute atomic E-state index is 12.0. The number of halogens is 3. The summed E-state index contributed by atoms with van der Waals surface area (Å²) in [7, 11) is 0. The molecular weight excluding hydrogens is 209 g/mol. The van der Waals surface area contributed by atoms with Gasteiger partial charge in [0.15, 0.2) is 0 Å². The van der Waals surface area contributed by atoms with Gasteiger partial charge in [0.1, 0.15) is 6.54 Å². The van der Waals surface area contributed by atoms with E-state index in [1.807, 2.05) is 0 Å². The van der Waals surface area contributed by atoms with Crippen molar-refractivity contribution in [2.75, 3.05) is 13.1 Å². The van der Waals surface area contributed by atoms with Gasteiger partial charge >= 0.3 is 6.18 Å². The quantitative estimate of drug-likeness (QED) is 0.713. The van der Waals surface area contributed by atoms with Gasteiger partial charge < -0.3 is 11.1 Å². The number of nitrogens with two attached hydrogens (primary N) is 1. The highest BCUT2D eigenvalue weighted by molar-refractivity contribution is 4.98. The minimum Gasteiger partial charge on any atom is -0.329 e. The van der Waals surface area contributed by atoms with Crippen LogP contribution in [0.5, 0.6) is 0 Å². The lowest BCUT2D eigenvalue weighted by atomic mass is 10.4. The lowest BCUT2D eigenvalue weighted by Crippen LogP contribution is -2.22. The molecule has 86 valence electrons. The fourth-order valence-corrected chi connectivity index (χ4v) is 1.09. The molecule has 3 N–H and O–H groups in total. The van der Waals surface area contributed by atoms with Crippen molar-refractivity contribution < 1.29 is 13.2 Å². The fourth-order valence-electron chi connectivity index (χ4n) is 1.09. The molecule has 15 heavy (non-hydrogen) atoms. The molecule has 0 atom stereocenters. The number of hydrogen-bond donors (Lipinski definition) is 2. The average molecular weight is 222 g/mol. The van der Waals surface area contributed by atoms with Crippen molar-refractivity contribution in [1.29, 1.82) is 0 Å². The number of hydrogen-bond acceptors (Lipinski definition) is 3. The SMILES string of the molecule is NCCNCc1ccn(CC(F)(F)F)n1. The highest BCUT2D eigenvalue weighted by Crippen LogP contribution is 2.16. The van der Waals surface area contributed by atoms with Crippen LogP contribution in [0.15, 0.2) is 12.3 Å². The van der Waals surface area contributed by atoms with Crippen LogP contribution in [0.4, 0.5) is 13.2 Å². The summed E-state index contributed by atoms with van der Waals surface area (Å²) in [5.74, 6) is 0. The Morgan fingerprint density at radius 3 is 2.80 bits per heavy atom.